The summed E-state index contributed by atoms with van der Waals surface area (Å²) >= 11 is 6.64. The smallest absolute Gasteiger partial charge is 0.290 e. The predicted octanol–water partition coefficient (Wildman–Crippen LogP) is 9.72. The third kappa shape index (κ3) is 9.52. The number of alkyl halides is 8. The second-order valence-corrected chi connectivity index (χ2v) is 23.1. The number of carbonyl (C=O) groups excluding carboxylic acids is 1. The number of nitrogens with one attached hydrogen (secondary N) is 2. The number of amides is 1. The van der Waals surface area contributed by atoms with Crippen molar-refractivity contribution in [3.05, 3.63) is 93.0 Å². The van der Waals surface area contributed by atoms with Crippen LogP contribution >= 0.6 is 11.6 Å². The van der Waals surface area contributed by atoms with Crippen molar-refractivity contribution in [2.24, 2.45) is 0 Å². The molecule has 12 nitrogen and oxygen atoms in total. The Bertz CT molecular complexity index is 3250. The van der Waals surface area contributed by atoms with Crippen LogP contribution in [0.15, 0.2) is 42.5 Å². The number of carbonyl (C=O) groups is 1. The molecule has 8 rings (SSSR count). The SMILES string of the molecule is CC1(S(=O)(=O)Nc2nn(CC(F)F)c3c(-c4ccc(C#CC(C)(C)S(=O)(=O)C5CC5)nc4/C(=C/c4cc(F)cc(F)c4)NC(=O)Cn4nc(C(F)F)c5c4C(F)(F)CCC5(F)F)ccc(Cl)c23)CC1. The maximum Gasteiger partial charge on any atom is 0.290 e. The van der Waals surface area contributed by atoms with Crippen LogP contribution in [-0.2, 0) is 49.6 Å². The highest BCUT2D eigenvalue weighted by molar-refractivity contribution is 7.94. The predicted molar refractivity (Wildman–Crippen MR) is 234 cm³/mol. The van der Waals surface area contributed by atoms with Crippen molar-refractivity contribution in [1.82, 2.24) is 29.9 Å². The lowest BCUT2D eigenvalue weighted by Crippen LogP contribution is -2.35. The number of rotatable bonds is 14. The average Bonchev–Trinajstić information content (AvgIpc) is 4.17. The molecule has 3 heterocycles. The van der Waals surface area contributed by atoms with E-state index in [1.54, 1.807) is 0 Å². The molecule has 2 fully saturated rings. The average molecular weight is 1030 g/mol. The summed E-state index contributed by atoms with van der Waals surface area (Å²) in [6.45, 7) is 1.57. The largest absolute Gasteiger partial charge is 0.323 e. The second-order valence-electron chi connectivity index (χ2n) is 17.7. The Morgan fingerprint density at radius 3 is 2.16 bits per heavy atom. The summed E-state index contributed by atoms with van der Waals surface area (Å²) in [5, 5.41) is 8.76. The summed E-state index contributed by atoms with van der Waals surface area (Å²) < 4.78 is 201. The highest BCUT2D eigenvalue weighted by Crippen LogP contribution is 2.52. The molecule has 0 saturated heterocycles. The fourth-order valence-electron chi connectivity index (χ4n) is 7.91. The summed E-state index contributed by atoms with van der Waals surface area (Å²) in [7, 11) is -8.02. The Labute approximate surface area is 392 Å². The van der Waals surface area contributed by atoms with Gasteiger partial charge in [0.25, 0.3) is 24.7 Å². The molecule has 0 spiro atoms. The fourth-order valence-corrected chi connectivity index (χ4v) is 11.2. The number of pyridine rings is 1. The number of benzene rings is 2. The molecule has 0 unspecified atom stereocenters. The van der Waals surface area contributed by atoms with E-state index < -0.39 is 137 Å². The van der Waals surface area contributed by atoms with Gasteiger partial charge >= 0.3 is 0 Å². The first kappa shape index (κ1) is 49.7. The Morgan fingerprint density at radius 1 is 0.913 bits per heavy atom. The van der Waals surface area contributed by atoms with Gasteiger partial charge in [-0.1, -0.05) is 23.6 Å². The van der Waals surface area contributed by atoms with E-state index in [9.17, 15) is 48.0 Å². The zero-order valence-electron chi connectivity index (χ0n) is 36.3. The highest BCUT2D eigenvalue weighted by atomic mass is 35.5. The minimum absolute atomic E-state index is 0.00634. The van der Waals surface area contributed by atoms with Crippen LogP contribution in [0.25, 0.3) is 33.8 Å². The number of aromatic nitrogens is 5. The number of halogens is 11. The maximum absolute atomic E-state index is 15.4. The Kier molecular flexibility index (Phi) is 12.5. The van der Waals surface area contributed by atoms with Gasteiger partial charge in [0, 0.05) is 30.0 Å². The number of anilines is 1. The van der Waals surface area contributed by atoms with Crippen molar-refractivity contribution >= 4 is 65.9 Å². The van der Waals surface area contributed by atoms with E-state index in [0.29, 0.717) is 18.9 Å². The van der Waals surface area contributed by atoms with Gasteiger partial charge in [0.15, 0.2) is 15.7 Å². The van der Waals surface area contributed by atoms with Crippen molar-refractivity contribution in [2.45, 2.75) is 112 Å². The van der Waals surface area contributed by atoms with E-state index in [1.807, 2.05) is 0 Å². The van der Waals surface area contributed by atoms with Crippen molar-refractivity contribution < 1.29 is 65.5 Å². The maximum atomic E-state index is 15.4. The summed E-state index contributed by atoms with van der Waals surface area (Å²) in [6.07, 6.45) is -7.64. The lowest BCUT2D eigenvalue weighted by atomic mass is 9.89. The molecule has 3 aliphatic rings. The quantitative estimate of drug-likeness (QED) is 0.0823. The molecule has 3 aliphatic carbocycles. The van der Waals surface area contributed by atoms with Crippen molar-refractivity contribution in [1.29, 1.82) is 0 Å². The van der Waals surface area contributed by atoms with Crippen LogP contribution in [0.2, 0.25) is 5.02 Å². The third-order valence-electron chi connectivity index (χ3n) is 12.0. The molecule has 0 bridgehead atoms. The van der Waals surface area contributed by atoms with Crippen molar-refractivity contribution in [3.8, 4) is 23.0 Å². The lowest BCUT2D eigenvalue weighted by Gasteiger charge is -2.29. The van der Waals surface area contributed by atoms with Crippen molar-refractivity contribution in [3.63, 3.8) is 0 Å². The van der Waals surface area contributed by atoms with Crippen LogP contribution in [0.5, 0.6) is 0 Å². The minimum Gasteiger partial charge on any atom is -0.323 e. The standard InChI is InChI=1S/C44H38ClF10N7O5S2/c1-41(2,68(64,65)26-5-6-26)11-10-25-4-7-27(28-8-9-29(45)33-37(28)61(20-31(48)49)59-40(33)60-69(66,67)42(3)12-13-42)35(56-25)30(18-22-16-23(46)19-24(47)17-22)57-32(63)21-62-38-34(36(58-62)39(50)51)43(52,53)14-15-44(38,54)55/h4,7-9,16-19,26,31,39H,5-6,12-15,20-21H2,1-3H3,(H,57,63)(H,59,60)/b30-18-. The summed E-state index contributed by atoms with van der Waals surface area (Å²) in [5.41, 5.74) is -7.27. The van der Waals surface area contributed by atoms with Crippen LogP contribution in [0, 0.1) is 23.5 Å². The van der Waals surface area contributed by atoms with E-state index in [0.717, 1.165) is 22.9 Å². The number of fused-ring (bicyclic) bond motifs is 2. The molecule has 5 aromatic rings. The number of hydrogen-bond acceptors (Lipinski definition) is 8. The topological polar surface area (TPSA) is 158 Å². The Morgan fingerprint density at radius 2 is 1.55 bits per heavy atom. The van der Waals surface area contributed by atoms with Crippen LogP contribution in [0.1, 0.15) is 99.6 Å². The van der Waals surface area contributed by atoms with Crippen LogP contribution in [-0.4, -0.2) is 68.5 Å². The van der Waals surface area contributed by atoms with E-state index >= 15 is 17.6 Å². The second kappa shape index (κ2) is 17.3. The minimum atomic E-state index is -4.20. The summed E-state index contributed by atoms with van der Waals surface area (Å²) in [6, 6.07) is 7.09. The molecule has 2 aromatic carbocycles. The molecule has 69 heavy (non-hydrogen) atoms. The van der Waals surface area contributed by atoms with E-state index in [1.165, 1.54) is 45.0 Å². The first-order chi connectivity index (χ1) is 32.0. The lowest BCUT2D eigenvalue weighted by molar-refractivity contribution is -0.121. The third-order valence-corrected chi connectivity index (χ3v) is 17.4. The van der Waals surface area contributed by atoms with Gasteiger partial charge in [0.1, 0.15) is 46.6 Å². The van der Waals surface area contributed by atoms with Crippen LogP contribution in [0.4, 0.5) is 49.7 Å². The zero-order valence-corrected chi connectivity index (χ0v) is 38.6. The Hall–Kier alpha value is -5.67. The molecule has 2 saturated carbocycles. The first-order valence-electron chi connectivity index (χ1n) is 21.0. The van der Waals surface area contributed by atoms with Gasteiger partial charge in [0.2, 0.25) is 15.9 Å². The fraction of sp³-hybridized carbons (Fsp3) is 0.409. The first-order valence-corrected chi connectivity index (χ1v) is 24.4. The van der Waals surface area contributed by atoms with Gasteiger partial charge in [-0.3, -0.25) is 18.9 Å². The van der Waals surface area contributed by atoms with E-state index in [-0.39, 0.29) is 55.8 Å². The van der Waals surface area contributed by atoms with Crippen molar-refractivity contribution in [2.75, 3.05) is 4.72 Å². The van der Waals surface area contributed by atoms with E-state index in [4.69, 9.17) is 11.6 Å². The highest BCUT2D eigenvalue weighted by Gasteiger charge is 2.55. The molecule has 0 radical (unpaired) electrons. The van der Waals surface area contributed by atoms with Gasteiger partial charge in [-0.15, -0.1) is 0 Å². The molecule has 1 amide bonds. The van der Waals surface area contributed by atoms with Gasteiger partial charge in [0.05, 0.1) is 42.9 Å². The number of sulfonamides is 1. The van der Waals surface area contributed by atoms with Crippen LogP contribution in [0.3, 0.4) is 0 Å². The molecule has 0 aliphatic heterocycles. The zero-order chi connectivity index (χ0) is 50.4. The molecule has 3 aromatic heterocycles. The molecule has 25 heteroatoms. The normalized spacial score (nSPS) is 17.7. The Balaban J connectivity index is 1.35. The number of sulfone groups is 1. The summed E-state index contributed by atoms with van der Waals surface area (Å²) in [5.74, 6) is -7.20. The number of hydrogen-bond donors (Lipinski definition) is 2. The van der Waals surface area contributed by atoms with Gasteiger partial charge < -0.3 is 5.32 Å². The van der Waals surface area contributed by atoms with Gasteiger partial charge in [-0.05, 0) is 94.3 Å². The van der Waals surface area contributed by atoms with Gasteiger partial charge in [-0.25, -0.2) is 56.9 Å². The summed E-state index contributed by atoms with van der Waals surface area (Å²) in [4.78, 5) is 18.7. The molecule has 368 valence electrons. The van der Waals surface area contributed by atoms with E-state index in [2.05, 4.69) is 37.1 Å². The molecule has 0 atom stereocenters. The monoisotopic (exact) mass is 1030 g/mol. The molecular formula is C44H38ClF10N7O5S2. The van der Waals surface area contributed by atoms with Gasteiger partial charge in [-0.2, -0.15) is 19.0 Å². The van der Waals surface area contributed by atoms with Crippen LogP contribution < -0.4 is 10.0 Å². The number of nitrogens with zero attached hydrogens (tertiary/aromatic N) is 5. The molecule has 2 N–H and O–H groups in total. The molecular weight excluding hydrogens is 996 g/mol.